The molecule has 0 heterocycles. The van der Waals surface area contributed by atoms with Gasteiger partial charge in [-0.15, -0.1) is 0 Å². The highest BCUT2D eigenvalue weighted by molar-refractivity contribution is 6.30. The molecule has 0 aliphatic rings. The minimum absolute atomic E-state index is 0.223. The van der Waals surface area contributed by atoms with E-state index < -0.39 is 6.10 Å². The highest BCUT2D eigenvalue weighted by Crippen LogP contribution is 2.16. The van der Waals surface area contributed by atoms with Crippen LogP contribution >= 0.6 is 23.2 Å². The van der Waals surface area contributed by atoms with Crippen molar-refractivity contribution in [2.75, 3.05) is 6.54 Å². The van der Waals surface area contributed by atoms with E-state index in [2.05, 4.69) is 0 Å². The van der Waals surface area contributed by atoms with Crippen LogP contribution in [-0.4, -0.2) is 11.7 Å². The molecule has 4 heteroatoms. The molecule has 0 radical (unpaired) electrons. The fraction of sp³-hybridized carbons (Fsp3) is 0.143. The zero-order valence-electron chi connectivity index (χ0n) is 9.76. The van der Waals surface area contributed by atoms with Gasteiger partial charge in [-0.05, 0) is 29.8 Å². The first-order valence-corrected chi connectivity index (χ1v) is 6.23. The Labute approximate surface area is 117 Å². The summed E-state index contributed by atoms with van der Waals surface area (Å²) in [5, 5.41) is 10.7. The van der Waals surface area contributed by atoms with Gasteiger partial charge in [-0.3, -0.25) is 0 Å². The lowest BCUT2D eigenvalue weighted by molar-refractivity contribution is 0.187. The Morgan fingerprint density at radius 3 is 2.00 bits per heavy atom. The molecule has 0 saturated heterocycles. The zero-order chi connectivity index (χ0) is 13.4. The molecule has 0 aliphatic carbocycles. The van der Waals surface area contributed by atoms with Gasteiger partial charge in [-0.1, -0.05) is 53.5 Å². The monoisotopic (exact) mass is 283 g/mol. The molecule has 1 unspecified atom stereocenters. The van der Waals surface area contributed by atoms with E-state index in [-0.39, 0.29) is 6.54 Å². The van der Waals surface area contributed by atoms with E-state index in [1.54, 1.807) is 24.3 Å². The minimum atomic E-state index is -0.603. The van der Waals surface area contributed by atoms with Crippen LogP contribution in [0.15, 0.2) is 54.6 Å². The zero-order valence-corrected chi connectivity index (χ0v) is 11.3. The maximum Gasteiger partial charge on any atom is 0.0912 e. The van der Waals surface area contributed by atoms with Gasteiger partial charge >= 0.3 is 0 Å². The van der Waals surface area contributed by atoms with Crippen molar-refractivity contribution < 1.29 is 5.11 Å². The molecule has 0 fully saturated rings. The SMILES string of the molecule is Clc1ccccc1.NCC(O)c1cccc(Cl)c1. The summed E-state index contributed by atoms with van der Waals surface area (Å²) < 4.78 is 0. The van der Waals surface area contributed by atoms with Crippen molar-refractivity contribution in [1.29, 1.82) is 0 Å². The smallest absolute Gasteiger partial charge is 0.0912 e. The summed E-state index contributed by atoms with van der Waals surface area (Å²) in [5.74, 6) is 0. The summed E-state index contributed by atoms with van der Waals surface area (Å²) in [6.07, 6.45) is -0.603. The molecule has 2 aromatic rings. The quantitative estimate of drug-likeness (QED) is 0.883. The number of hydrogen-bond acceptors (Lipinski definition) is 2. The molecule has 2 aromatic carbocycles. The topological polar surface area (TPSA) is 46.2 Å². The molecule has 18 heavy (non-hydrogen) atoms. The Hall–Kier alpha value is -1.06. The van der Waals surface area contributed by atoms with E-state index in [1.165, 1.54) is 0 Å². The number of halogens is 2. The molecular formula is C14H15Cl2NO. The van der Waals surface area contributed by atoms with Gasteiger partial charge in [-0.25, -0.2) is 0 Å². The lowest BCUT2D eigenvalue weighted by atomic mass is 10.1. The van der Waals surface area contributed by atoms with Crippen molar-refractivity contribution in [1.82, 2.24) is 0 Å². The second kappa shape index (κ2) is 8.11. The largest absolute Gasteiger partial charge is 0.387 e. The summed E-state index contributed by atoms with van der Waals surface area (Å²) in [4.78, 5) is 0. The summed E-state index contributed by atoms with van der Waals surface area (Å²) >= 11 is 11.2. The minimum Gasteiger partial charge on any atom is -0.387 e. The first-order valence-electron chi connectivity index (χ1n) is 5.47. The molecule has 2 nitrogen and oxygen atoms in total. The lowest BCUT2D eigenvalue weighted by Crippen LogP contribution is -2.11. The van der Waals surface area contributed by atoms with Crippen molar-refractivity contribution in [3.63, 3.8) is 0 Å². The number of rotatable bonds is 2. The Kier molecular flexibility index (Phi) is 6.76. The summed E-state index contributed by atoms with van der Waals surface area (Å²) in [5.41, 5.74) is 6.02. The van der Waals surface area contributed by atoms with Crippen molar-refractivity contribution in [3.05, 3.63) is 70.2 Å². The summed E-state index contributed by atoms with van der Waals surface area (Å²) in [6, 6.07) is 16.5. The van der Waals surface area contributed by atoms with Crippen LogP contribution in [0.1, 0.15) is 11.7 Å². The molecule has 1 atom stereocenters. The number of aliphatic hydroxyl groups is 1. The molecule has 96 valence electrons. The van der Waals surface area contributed by atoms with Crippen LogP contribution in [0.3, 0.4) is 0 Å². The van der Waals surface area contributed by atoms with Crippen LogP contribution in [0.2, 0.25) is 10.0 Å². The number of aliphatic hydroxyl groups excluding tert-OH is 1. The number of hydrogen-bond donors (Lipinski definition) is 2. The van der Waals surface area contributed by atoms with E-state index in [0.29, 0.717) is 5.02 Å². The van der Waals surface area contributed by atoms with Gasteiger partial charge in [0.2, 0.25) is 0 Å². The van der Waals surface area contributed by atoms with Crippen molar-refractivity contribution in [3.8, 4) is 0 Å². The molecule has 2 rings (SSSR count). The molecule has 3 N–H and O–H groups in total. The Bertz CT molecular complexity index is 462. The molecule has 0 amide bonds. The standard InChI is InChI=1S/C8H10ClNO.C6H5Cl/c9-7-3-1-2-6(4-7)8(11)5-10;7-6-4-2-1-3-5-6/h1-4,8,11H,5,10H2;1-5H. The van der Waals surface area contributed by atoms with Crippen LogP contribution in [0.25, 0.3) is 0 Å². The third-order valence-electron chi connectivity index (χ3n) is 2.19. The molecule has 0 spiro atoms. The van der Waals surface area contributed by atoms with Crippen LogP contribution in [-0.2, 0) is 0 Å². The van der Waals surface area contributed by atoms with E-state index >= 15 is 0 Å². The molecule has 0 bridgehead atoms. The van der Waals surface area contributed by atoms with Gasteiger partial charge in [0, 0.05) is 16.6 Å². The van der Waals surface area contributed by atoms with Gasteiger partial charge in [-0.2, -0.15) is 0 Å². The number of benzene rings is 2. The van der Waals surface area contributed by atoms with E-state index in [9.17, 15) is 5.11 Å². The maximum atomic E-state index is 9.27. The second-order valence-corrected chi connectivity index (χ2v) is 4.47. The van der Waals surface area contributed by atoms with Gasteiger partial charge in [0.1, 0.15) is 0 Å². The molecule has 0 aromatic heterocycles. The normalized spacial score (nSPS) is 11.3. The predicted octanol–water partition coefficient (Wildman–Crippen LogP) is 3.67. The predicted molar refractivity (Wildman–Crippen MR) is 76.9 cm³/mol. The molecule has 0 saturated carbocycles. The maximum absolute atomic E-state index is 9.27. The third kappa shape index (κ3) is 5.52. The van der Waals surface area contributed by atoms with Crippen molar-refractivity contribution >= 4 is 23.2 Å². The molecule has 0 aliphatic heterocycles. The average molecular weight is 284 g/mol. The third-order valence-corrected chi connectivity index (χ3v) is 2.68. The van der Waals surface area contributed by atoms with Gasteiger partial charge in [0.05, 0.1) is 6.10 Å². The lowest BCUT2D eigenvalue weighted by Gasteiger charge is -2.06. The summed E-state index contributed by atoms with van der Waals surface area (Å²) in [7, 11) is 0. The second-order valence-electron chi connectivity index (χ2n) is 3.60. The van der Waals surface area contributed by atoms with Gasteiger partial charge in [0.15, 0.2) is 0 Å². The van der Waals surface area contributed by atoms with E-state index in [4.69, 9.17) is 28.9 Å². The highest BCUT2D eigenvalue weighted by Gasteiger charge is 2.03. The van der Waals surface area contributed by atoms with Crippen LogP contribution in [0.4, 0.5) is 0 Å². The highest BCUT2D eigenvalue weighted by atomic mass is 35.5. The van der Waals surface area contributed by atoms with Gasteiger partial charge < -0.3 is 10.8 Å². The first-order chi connectivity index (χ1) is 8.63. The Morgan fingerprint density at radius 1 is 0.944 bits per heavy atom. The van der Waals surface area contributed by atoms with Crippen molar-refractivity contribution in [2.45, 2.75) is 6.10 Å². The Morgan fingerprint density at radius 2 is 1.56 bits per heavy atom. The van der Waals surface area contributed by atoms with E-state index in [0.717, 1.165) is 10.6 Å². The van der Waals surface area contributed by atoms with Crippen LogP contribution in [0, 0.1) is 0 Å². The molecular weight excluding hydrogens is 269 g/mol. The van der Waals surface area contributed by atoms with Crippen LogP contribution < -0.4 is 5.73 Å². The fourth-order valence-corrected chi connectivity index (χ4v) is 1.61. The average Bonchev–Trinajstić information content (AvgIpc) is 2.39. The number of nitrogens with two attached hydrogens (primary N) is 1. The van der Waals surface area contributed by atoms with Gasteiger partial charge in [0.25, 0.3) is 0 Å². The van der Waals surface area contributed by atoms with Crippen molar-refractivity contribution in [2.24, 2.45) is 5.73 Å². The first kappa shape index (κ1) is 15.0. The van der Waals surface area contributed by atoms with E-state index in [1.807, 2.05) is 30.3 Å². The summed E-state index contributed by atoms with van der Waals surface area (Å²) in [6.45, 7) is 0.223. The van der Waals surface area contributed by atoms with Crippen LogP contribution in [0.5, 0.6) is 0 Å². The fourth-order valence-electron chi connectivity index (χ4n) is 1.26. The Balaban J connectivity index is 0.000000199.